The number of hydrogen-bond acceptors (Lipinski definition) is 2. The van der Waals surface area contributed by atoms with Crippen LogP contribution in [0.15, 0.2) is 41.3 Å². The van der Waals surface area contributed by atoms with Crippen LogP contribution in [0.3, 0.4) is 0 Å². The maximum absolute atomic E-state index is 11.2. The Morgan fingerprint density at radius 2 is 1.35 bits per heavy atom. The van der Waals surface area contributed by atoms with Gasteiger partial charge in [-0.2, -0.15) is 11.2 Å². The summed E-state index contributed by atoms with van der Waals surface area (Å²) in [6.45, 7) is 16.1. The zero-order chi connectivity index (χ0) is 19.6. The first-order valence-corrected chi connectivity index (χ1v) is 13.3. The van der Waals surface area contributed by atoms with Gasteiger partial charge in [0.15, 0.2) is 0 Å². The van der Waals surface area contributed by atoms with Gasteiger partial charge in [-0.25, -0.2) is 0 Å². The summed E-state index contributed by atoms with van der Waals surface area (Å²) in [7, 11) is -1.56. The fourth-order valence-electron chi connectivity index (χ4n) is 4.28. The average Bonchev–Trinajstić information content (AvgIpc) is 2.57. The van der Waals surface area contributed by atoms with E-state index in [4.69, 9.17) is 0 Å². The van der Waals surface area contributed by atoms with E-state index in [1.165, 1.54) is 10.3 Å². The van der Waals surface area contributed by atoms with Crippen molar-refractivity contribution in [2.45, 2.75) is 75.9 Å². The van der Waals surface area contributed by atoms with E-state index >= 15 is 0 Å². The van der Waals surface area contributed by atoms with Crippen molar-refractivity contribution in [3.8, 4) is 0 Å². The summed E-state index contributed by atoms with van der Waals surface area (Å²) in [5.41, 5.74) is 2.99. The Labute approximate surface area is 163 Å². The topological polar surface area (TPSA) is 37.3 Å². The van der Waals surface area contributed by atoms with Gasteiger partial charge in [-0.15, -0.1) is 0 Å². The number of rotatable bonds is 7. The fourth-order valence-corrected chi connectivity index (χ4v) is 13.4. The molecule has 2 aromatic rings. The van der Waals surface area contributed by atoms with Crippen LogP contribution in [0, 0.1) is 0 Å². The molecule has 4 heteroatoms. The van der Waals surface area contributed by atoms with Gasteiger partial charge < -0.3 is 5.11 Å². The predicted octanol–water partition coefficient (Wildman–Crippen LogP) is 7.30. The van der Waals surface area contributed by atoms with Crippen LogP contribution < -0.4 is 0 Å². The van der Waals surface area contributed by atoms with E-state index in [0.717, 1.165) is 10.9 Å². The van der Waals surface area contributed by atoms with E-state index in [1.807, 2.05) is 12.1 Å². The van der Waals surface area contributed by atoms with Gasteiger partial charge in [0.2, 0.25) is 0 Å². The predicted molar refractivity (Wildman–Crippen MR) is 117 cm³/mol. The molecule has 1 N–H and O–H groups in total. The van der Waals surface area contributed by atoms with Crippen LogP contribution in [-0.2, 0) is 4.79 Å². The molecule has 2 rings (SSSR count). The highest BCUT2D eigenvalue weighted by molar-refractivity contribution is 8.29. The fraction of sp³-hybridized carbons (Fsp3) is 0.500. The third kappa shape index (κ3) is 4.01. The van der Waals surface area contributed by atoms with Crippen LogP contribution >= 0.6 is 11.2 Å². The molecule has 0 spiro atoms. The second-order valence-electron chi connectivity index (χ2n) is 8.25. The lowest BCUT2D eigenvalue weighted by Crippen LogP contribution is -2.40. The van der Waals surface area contributed by atoms with Crippen molar-refractivity contribution < 1.29 is 9.90 Å². The molecule has 2 aromatic carbocycles. The summed E-state index contributed by atoms with van der Waals surface area (Å²) in [5, 5.41) is 11.5. The first-order chi connectivity index (χ1) is 12.1. The number of carboxylic acids is 1. The Kier molecular flexibility index (Phi) is 6.62. The van der Waals surface area contributed by atoms with Gasteiger partial charge in [-0.1, -0.05) is 65.8 Å². The minimum absolute atomic E-state index is 0.476. The van der Waals surface area contributed by atoms with Gasteiger partial charge in [0.1, 0.15) is 7.22 Å². The second-order valence-corrected chi connectivity index (χ2v) is 16.8. The van der Waals surface area contributed by atoms with Gasteiger partial charge >= 0.3 is 5.97 Å². The van der Waals surface area contributed by atoms with E-state index in [0.29, 0.717) is 16.6 Å². The van der Waals surface area contributed by atoms with Crippen LogP contribution in [0.1, 0.15) is 59.9 Å². The van der Waals surface area contributed by atoms with Crippen molar-refractivity contribution in [3.05, 3.63) is 42.0 Å². The van der Waals surface area contributed by atoms with Crippen molar-refractivity contribution in [2.75, 3.05) is 0 Å². The molecule has 0 heterocycles. The minimum Gasteiger partial charge on any atom is -0.481 e. The molecule has 0 saturated heterocycles. The molecule has 0 aliphatic heterocycles. The third-order valence-corrected chi connectivity index (χ3v) is 18.0. The van der Waals surface area contributed by atoms with Crippen molar-refractivity contribution in [1.29, 1.82) is 0 Å². The largest absolute Gasteiger partial charge is 0.481 e. The molecule has 0 fully saturated rings. The number of fused-ring (bicyclic) bond motifs is 1. The van der Waals surface area contributed by atoms with Gasteiger partial charge in [-0.05, 0) is 52.0 Å². The SMILES string of the molecule is CC(C(=O)O)c1ccc2cc(S[Si](C(C)C)(C(C)C)C(C)C)ccc2c1. The summed E-state index contributed by atoms with van der Waals surface area (Å²) in [4.78, 5) is 12.6. The van der Waals surface area contributed by atoms with Gasteiger partial charge in [0.25, 0.3) is 0 Å². The first-order valence-electron chi connectivity index (χ1n) is 9.55. The molecular formula is C22H32O2SSi. The third-order valence-electron chi connectivity index (χ3n) is 5.71. The molecule has 1 unspecified atom stereocenters. The highest BCUT2D eigenvalue weighted by Gasteiger charge is 2.44. The summed E-state index contributed by atoms with van der Waals surface area (Å²) in [6, 6.07) is 12.7. The Morgan fingerprint density at radius 1 is 0.846 bits per heavy atom. The molecule has 142 valence electrons. The molecule has 0 saturated carbocycles. The van der Waals surface area contributed by atoms with Crippen molar-refractivity contribution >= 4 is 35.2 Å². The number of aliphatic carboxylic acids is 1. The Hall–Kier alpha value is -1.26. The lowest BCUT2D eigenvalue weighted by atomic mass is 9.98. The van der Waals surface area contributed by atoms with Crippen LogP contribution in [-0.4, -0.2) is 18.3 Å². The summed E-state index contributed by atoms with van der Waals surface area (Å²) >= 11 is 2.14. The number of carbonyl (C=O) groups is 1. The zero-order valence-corrected chi connectivity index (χ0v) is 18.9. The van der Waals surface area contributed by atoms with Crippen LogP contribution in [0.4, 0.5) is 0 Å². The maximum atomic E-state index is 11.2. The van der Waals surface area contributed by atoms with Crippen LogP contribution in [0.25, 0.3) is 10.8 Å². The van der Waals surface area contributed by atoms with Crippen LogP contribution in [0.5, 0.6) is 0 Å². The standard InChI is InChI=1S/C22H32O2SSi/c1-14(2)26(15(3)4,16(5)6)25-21-11-10-19-12-18(17(7)22(23)24)8-9-20(19)13-21/h8-17H,1-7H3,(H,23,24). The molecule has 0 aliphatic carbocycles. The molecule has 2 nitrogen and oxygen atoms in total. The summed E-state index contributed by atoms with van der Waals surface area (Å²) in [6.07, 6.45) is 0. The van der Waals surface area contributed by atoms with Gasteiger partial charge in [0, 0.05) is 4.90 Å². The van der Waals surface area contributed by atoms with Crippen molar-refractivity contribution in [1.82, 2.24) is 0 Å². The van der Waals surface area contributed by atoms with Crippen LogP contribution in [0.2, 0.25) is 16.6 Å². The lowest BCUT2D eigenvalue weighted by Gasteiger charge is -2.42. The smallest absolute Gasteiger partial charge is 0.310 e. The Balaban J connectivity index is 2.42. The van der Waals surface area contributed by atoms with Crippen molar-refractivity contribution in [3.63, 3.8) is 0 Å². The Bertz CT molecular complexity index is 761. The van der Waals surface area contributed by atoms with E-state index in [2.05, 4.69) is 77.0 Å². The van der Waals surface area contributed by atoms with E-state index < -0.39 is 19.1 Å². The van der Waals surface area contributed by atoms with Gasteiger partial charge in [-0.3, -0.25) is 4.79 Å². The molecule has 0 aliphatic rings. The monoisotopic (exact) mass is 388 g/mol. The molecule has 26 heavy (non-hydrogen) atoms. The molecule has 0 amide bonds. The second kappa shape index (κ2) is 8.18. The number of carboxylic acid groups (broad SMARTS) is 1. The zero-order valence-electron chi connectivity index (χ0n) is 17.0. The first kappa shape index (κ1) is 21.0. The number of hydrogen-bond donors (Lipinski definition) is 1. The molecular weight excluding hydrogens is 356 g/mol. The van der Waals surface area contributed by atoms with E-state index in [9.17, 15) is 9.90 Å². The lowest BCUT2D eigenvalue weighted by molar-refractivity contribution is -0.138. The quantitative estimate of drug-likeness (QED) is 0.506. The maximum Gasteiger partial charge on any atom is 0.310 e. The minimum atomic E-state index is -1.56. The molecule has 0 radical (unpaired) electrons. The molecule has 0 aromatic heterocycles. The van der Waals surface area contributed by atoms with Crippen molar-refractivity contribution in [2.24, 2.45) is 0 Å². The average molecular weight is 389 g/mol. The number of benzene rings is 2. The molecule has 1 atom stereocenters. The highest BCUT2D eigenvalue weighted by Crippen LogP contribution is 2.52. The van der Waals surface area contributed by atoms with Gasteiger partial charge in [0.05, 0.1) is 5.92 Å². The summed E-state index contributed by atoms with van der Waals surface area (Å²) < 4.78 is 0. The normalized spacial score (nSPS) is 13.8. The highest BCUT2D eigenvalue weighted by atomic mass is 32.4. The summed E-state index contributed by atoms with van der Waals surface area (Å²) in [5.74, 6) is -1.26. The van der Waals surface area contributed by atoms with E-state index in [1.54, 1.807) is 6.92 Å². The van der Waals surface area contributed by atoms with E-state index in [-0.39, 0.29) is 0 Å². The Morgan fingerprint density at radius 3 is 1.85 bits per heavy atom. The molecule has 0 bridgehead atoms.